The van der Waals surface area contributed by atoms with E-state index >= 15 is 0 Å². The van der Waals surface area contributed by atoms with Crippen LogP contribution in [-0.2, 0) is 11.3 Å². The molecule has 1 saturated heterocycles. The van der Waals surface area contributed by atoms with Crippen LogP contribution >= 0.6 is 11.3 Å². The van der Waals surface area contributed by atoms with Gasteiger partial charge in [-0.25, -0.2) is 0 Å². The number of benzene rings is 1. The quantitative estimate of drug-likeness (QED) is 0.729. The lowest BCUT2D eigenvalue weighted by Gasteiger charge is -2.32. The van der Waals surface area contributed by atoms with Crippen LogP contribution < -0.4 is 14.8 Å². The number of aryl methyl sites for hydroxylation is 1. The van der Waals surface area contributed by atoms with Gasteiger partial charge < -0.3 is 19.7 Å². The summed E-state index contributed by atoms with van der Waals surface area (Å²) in [5.74, 6) is 1.54. The van der Waals surface area contributed by atoms with Crippen LogP contribution in [0.15, 0.2) is 30.3 Å². The molecule has 2 aromatic rings. The van der Waals surface area contributed by atoms with E-state index in [1.165, 1.54) is 4.88 Å². The molecule has 30 heavy (non-hydrogen) atoms. The topological polar surface area (TPSA) is 67.9 Å². The van der Waals surface area contributed by atoms with Crippen molar-refractivity contribution in [3.8, 4) is 11.5 Å². The van der Waals surface area contributed by atoms with Crippen molar-refractivity contribution in [2.24, 2.45) is 5.92 Å². The lowest BCUT2D eigenvalue weighted by Crippen LogP contribution is -2.42. The van der Waals surface area contributed by atoms with Crippen molar-refractivity contribution in [2.75, 3.05) is 20.2 Å². The monoisotopic (exact) mass is 428 g/mol. The molecule has 1 aromatic carbocycles. The summed E-state index contributed by atoms with van der Waals surface area (Å²) in [6.45, 7) is 3.97. The second-order valence-electron chi connectivity index (χ2n) is 7.97. The van der Waals surface area contributed by atoms with E-state index in [0.29, 0.717) is 29.5 Å². The molecule has 2 heterocycles. The second kappa shape index (κ2) is 9.08. The molecule has 0 unspecified atom stereocenters. The van der Waals surface area contributed by atoms with Gasteiger partial charge >= 0.3 is 0 Å². The Hall–Kier alpha value is -2.54. The van der Waals surface area contributed by atoms with Gasteiger partial charge in [0.1, 0.15) is 17.6 Å². The third kappa shape index (κ3) is 4.95. The number of ether oxygens (including phenoxy) is 2. The van der Waals surface area contributed by atoms with Crippen molar-refractivity contribution < 1.29 is 19.1 Å². The summed E-state index contributed by atoms with van der Waals surface area (Å²) >= 11 is 1.67. The fraction of sp³-hybridized carbons (Fsp3) is 0.478. The van der Waals surface area contributed by atoms with Crippen LogP contribution in [0.3, 0.4) is 0 Å². The summed E-state index contributed by atoms with van der Waals surface area (Å²) in [6.07, 6.45) is 3.61. The van der Waals surface area contributed by atoms with Gasteiger partial charge in [0.15, 0.2) is 0 Å². The molecule has 0 radical (unpaired) electrons. The first-order valence-corrected chi connectivity index (χ1v) is 11.3. The first kappa shape index (κ1) is 20.7. The number of carbonyl (C=O) groups excluding carboxylic acids is 2. The number of methoxy groups -OCH3 is 1. The van der Waals surface area contributed by atoms with Crippen molar-refractivity contribution in [3.63, 3.8) is 0 Å². The average molecular weight is 429 g/mol. The molecule has 1 saturated carbocycles. The Morgan fingerprint density at radius 3 is 2.53 bits per heavy atom. The Bertz CT molecular complexity index is 914. The molecule has 1 aliphatic heterocycles. The van der Waals surface area contributed by atoms with Crippen molar-refractivity contribution in [2.45, 2.75) is 45.3 Å². The van der Waals surface area contributed by atoms with Gasteiger partial charge in [0.05, 0.1) is 19.2 Å². The lowest BCUT2D eigenvalue weighted by atomic mass is 10.1. The molecule has 0 atom stereocenters. The van der Waals surface area contributed by atoms with Crippen LogP contribution in [0.1, 0.15) is 45.8 Å². The zero-order valence-electron chi connectivity index (χ0n) is 17.5. The smallest absolute Gasteiger partial charge is 0.255 e. The highest BCUT2D eigenvalue weighted by Gasteiger charge is 2.35. The van der Waals surface area contributed by atoms with Crippen LogP contribution in [0.2, 0.25) is 0 Å². The molecule has 160 valence electrons. The molecular formula is C23H28N2O4S. The largest absolute Gasteiger partial charge is 0.497 e. The van der Waals surface area contributed by atoms with Gasteiger partial charge in [-0.05, 0) is 50.1 Å². The van der Waals surface area contributed by atoms with Gasteiger partial charge in [-0.1, -0.05) is 0 Å². The molecule has 6 nitrogen and oxygen atoms in total. The molecule has 2 amide bonds. The van der Waals surface area contributed by atoms with Crippen LogP contribution in [-0.4, -0.2) is 43.0 Å². The molecular weight excluding hydrogens is 400 g/mol. The highest BCUT2D eigenvalue weighted by atomic mass is 32.1. The van der Waals surface area contributed by atoms with Gasteiger partial charge in [0.2, 0.25) is 5.91 Å². The fourth-order valence-corrected chi connectivity index (χ4v) is 4.55. The van der Waals surface area contributed by atoms with E-state index < -0.39 is 0 Å². The molecule has 0 spiro atoms. The minimum absolute atomic E-state index is 0.00635. The fourth-order valence-electron chi connectivity index (χ4n) is 3.72. The van der Waals surface area contributed by atoms with E-state index in [-0.39, 0.29) is 17.9 Å². The normalized spacial score (nSPS) is 16.9. The number of hydrogen-bond acceptors (Lipinski definition) is 5. The minimum atomic E-state index is -0.184. The maximum Gasteiger partial charge on any atom is 0.255 e. The summed E-state index contributed by atoms with van der Waals surface area (Å²) in [5, 5.41) is 2.98. The van der Waals surface area contributed by atoms with Gasteiger partial charge in [-0.15, -0.1) is 11.3 Å². The zero-order valence-corrected chi connectivity index (χ0v) is 18.3. The number of likely N-dealkylation sites (tertiary alicyclic amines) is 1. The molecule has 2 fully saturated rings. The van der Waals surface area contributed by atoms with E-state index in [4.69, 9.17) is 9.47 Å². The van der Waals surface area contributed by atoms with E-state index in [0.717, 1.165) is 43.6 Å². The maximum atomic E-state index is 12.9. The summed E-state index contributed by atoms with van der Waals surface area (Å²) in [7, 11) is 1.58. The Kier molecular flexibility index (Phi) is 6.27. The third-order valence-corrected chi connectivity index (χ3v) is 6.63. The zero-order chi connectivity index (χ0) is 21.1. The third-order valence-electron chi connectivity index (χ3n) is 5.62. The minimum Gasteiger partial charge on any atom is -0.497 e. The van der Waals surface area contributed by atoms with Crippen LogP contribution in [0.25, 0.3) is 0 Å². The van der Waals surface area contributed by atoms with Crippen molar-refractivity contribution in [3.05, 3.63) is 45.6 Å². The standard InChI is InChI=1S/C23H28N2O4S/c1-15-3-7-19(30-15)14-24-22(26)20-13-18(28-2)6-8-21(20)29-17-9-11-25(12-10-17)23(27)16-4-5-16/h3,6-8,13,16-17H,4-5,9-12,14H2,1-2H3,(H,24,26). The summed E-state index contributed by atoms with van der Waals surface area (Å²) < 4.78 is 11.5. The van der Waals surface area contributed by atoms with Crippen molar-refractivity contribution in [1.29, 1.82) is 0 Å². The summed E-state index contributed by atoms with van der Waals surface area (Å²) in [5.41, 5.74) is 0.471. The van der Waals surface area contributed by atoms with Gasteiger partial charge in [-0.3, -0.25) is 9.59 Å². The molecule has 1 aromatic heterocycles. The highest BCUT2D eigenvalue weighted by molar-refractivity contribution is 7.11. The SMILES string of the molecule is COc1ccc(OC2CCN(C(=O)C3CC3)CC2)c(C(=O)NCc2ccc(C)s2)c1. The summed E-state index contributed by atoms with van der Waals surface area (Å²) in [6, 6.07) is 9.40. The second-order valence-corrected chi connectivity index (χ2v) is 9.35. The average Bonchev–Trinajstić information content (AvgIpc) is 3.53. The number of nitrogens with one attached hydrogen (secondary N) is 1. The van der Waals surface area contributed by atoms with E-state index in [9.17, 15) is 9.59 Å². The van der Waals surface area contributed by atoms with Gasteiger partial charge in [-0.2, -0.15) is 0 Å². The number of carbonyl (C=O) groups is 2. The first-order chi connectivity index (χ1) is 14.5. The molecule has 7 heteroatoms. The Morgan fingerprint density at radius 1 is 1.13 bits per heavy atom. The Balaban J connectivity index is 1.40. The number of piperidine rings is 1. The van der Waals surface area contributed by atoms with Crippen LogP contribution in [0, 0.1) is 12.8 Å². The predicted molar refractivity (Wildman–Crippen MR) is 116 cm³/mol. The number of amides is 2. The van der Waals surface area contributed by atoms with Crippen LogP contribution in [0.5, 0.6) is 11.5 Å². The summed E-state index contributed by atoms with van der Waals surface area (Å²) in [4.78, 5) is 29.4. The molecule has 1 aliphatic carbocycles. The van der Waals surface area contributed by atoms with Crippen molar-refractivity contribution in [1.82, 2.24) is 10.2 Å². The number of hydrogen-bond donors (Lipinski definition) is 1. The van der Waals surface area contributed by atoms with Crippen LogP contribution in [0.4, 0.5) is 0 Å². The lowest BCUT2D eigenvalue weighted by molar-refractivity contribution is -0.134. The van der Waals surface area contributed by atoms with Gasteiger partial charge in [0, 0.05) is 41.6 Å². The molecule has 0 bridgehead atoms. The highest BCUT2D eigenvalue weighted by Crippen LogP contribution is 2.33. The number of nitrogens with zero attached hydrogens (tertiary/aromatic N) is 1. The number of rotatable bonds is 7. The van der Waals surface area contributed by atoms with Gasteiger partial charge in [0.25, 0.3) is 5.91 Å². The molecule has 4 rings (SSSR count). The van der Waals surface area contributed by atoms with E-state index in [1.807, 2.05) is 24.0 Å². The predicted octanol–water partition coefficient (Wildman–Crippen LogP) is 3.77. The Labute approximate surface area is 181 Å². The number of thiophene rings is 1. The maximum absolute atomic E-state index is 12.9. The molecule has 2 aliphatic rings. The van der Waals surface area contributed by atoms with E-state index in [1.54, 1.807) is 36.6 Å². The van der Waals surface area contributed by atoms with Crippen molar-refractivity contribution >= 4 is 23.2 Å². The molecule has 1 N–H and O–H groups in total. The first-order valence-electron chi connectivity index (χ1n) is 10.5. The van der Waals surface area contributed by atoms with E-state index in [2.05, 4.69) is 5.32 Å². The Morgan fingerprint density at radius 2 is 1.90 bits per heavy atom.